The molecule has 1 heterocycles. The highest BCUT2D eigenvalue weighted by molar-refractivity contribution is 6.30. The number of halogens is 1. The Balaban J connectivity index is 1.68. The van der Waals surface area contributed by atoms with E-state index >= 15 is 0 Å². The van der Waals surface area contributed by atoms with E-state index in [2.05, 4.69) is 15.7 Å². The number of aromatic nitrogens is 2. The van der Waals surface area contributed by atoms with Crippen molar-refractivity contribution in [2.24, 2.45) is 0 Å². The second kappa shape index (κ2) is 9.59. The molecule has 0 bridgehead atoms. The van der Waals surface area contributed by atoms with Gasteiger partial charge in [0, 0.05) is 23.2 Å². The van der Waals surface area contributed by atoms with Crippen molar-refractivity contribution >= 4 is 23.4 Å². The van der Waals surface area contributed by atoms with Crippen molar-refractivity contribution in [1.82, 2.24) is 20.4 Å². The molecule has 2 amide bonds. The number of benzene rings is 2. The van der Waals surface area contributed by atoms with Crippen molar-refractivity contribution in [3.05, 3.63) is 82.1 Å². The van der Waals surface area contributed by atoms with E-state index in [0.29, 0.717) is 22.7 Å². The molecule has 2 N–H and O–H groups in total. The molecule has 1 unspecified atom stereocenters. The predicted octanol–water partition coefficient (Wildman–Crippen LogP) is 4.29. The highest BCUT2D eigenvalue weighted by Crippen LogP contribution is 2.18. The molecule has 0 aliphatic carbocycles. The molecular formula is C23H25ClN4O2. The van der Waals surface area contributed by atoms with Crippen LogP contribution in [0.15, 0.2) is 54.7 Å². The summed E-state index contributed by atoms with van der Waals surface area (Å²) in [4.78, 5) is 25.0. The van der Waals surface area contributed by atoms with Crippen molar-refractivity contribution in [3.63, 3.8) is 0 Å². The first kappa shape index (κ1) is 21.6. The third-order valence-electron chi connectivity index (χ3n) is 4.94. The maximum atomic E-state index is 12.7. The largest absolute Gasteiger partial charge is 0.350 e. The normalized spacial score (nSPS) is 11.7. The Hall–Kier alpha value is -3.12. The second-order valence-electron chi connectivity index (χ2n) is 7.20. The maximum absolute atomic E-state index is 12.7. The van der Waals surface area contributed by atoms with Crippen LogP contribution in [0.1, 0.15) is 52.2 Å². The van der Waals surface area contributed by atoms with Gasteiger partial charge < -0.3 is 10.6 Å². The molecule has 3 rings (SSSR count). The van der Waals surface area contributed by atoms with Crippen molar-refractivity contribution in [2.75, 3.05) is 0 Å². The molecule has 0 spiro atoms. The minimum absolute atomic E-state index is 0.111. The number of carbonyl (C=O) groups excluding carboxylic acids is 2. The number of rotatable bonds is 7. The van der Waals surface area contributed by atoms with Crippen LogP contribution < -0.4 is 10.6 Å². The Labute approximate surface area is 181 Å². The lowest BCUT2D eigenvalue weighted by Gasteiger charge is -2.12. The molecule has 0 radical (unpaired) electrons. The number of nitrogens with one attached hydrogen (secondary N) is 2. The molecule has 0 aliphatic rings. The second-order valence-corrected chi connectivity index (χ2v) is 7.64. The van der Waals surface area contributed by atoms with Crippen LogP contribution in [0.4, 0.5) is 0 Å². The summed E-state index contributed by atoms with van der Waals surface area (Å²) < 4.78 is 1.68. The molecule has 156 valence electrons. The van der Waals surface area contributed by atoms with E-state index in [1.165, 1.54) is 0 Å². The van der Waals surface area contributed by atoms with Gasteiger partial charge in [0.05, 0.1) is 23.1 Å². The molecule has 1 atom stereocenters. The molecule has 2 aromatic carbocycles. The molecule has 0 saturated heterocycles. The van der Waals surface area contributed by atoms with E-state index in [1.807, 2.05) is 45.0 Å². The van der Waals surface area contributed by atoms with Gasteiger partial charge in [0.2, 0.25) is 0 Å². The Morgan fingerprint density at radius 2 is 1.90 bits per heavy atom. The summed E-state index contributed by atoms with van der Waals surface area (Å²) in [6, 6.07) is 14.7. The van der Waals surface area contributed by atoms with Gasteiger partial charge >= 0.3 is 0 Å². The average Bonchev–Trinajstić information content (AvgIpc) is 3.13. The quantitative estimate of drug-likeness (QED) is 0.594. The standard InChI is InChI=1S/C23H25ClN4O2/c1-4-15(2)27-22(29)18-8-5-7-17(11-18)13-25-23(30)21-14-26-28(16(21)3)20-10-6-9-19(24)12-20/h5-12,14-15H,4,13H2,1-3H3,(H,25,30)(H,27,29). The van der Waals surface area contributed by atoms with Gasteiger partial charge in [-0.1, -0.05) is 36.7 Å². The zero-order chi connectivity index (χ0) is 21.7. The summed E-state index contributed by atoms with van der Waals surface area (Å²) in [5.41, 5.74) is 3.42. The molecule has 30 heavy (non-hydrogen) atoms. The molecule has 3 aromatic rings. The lowest BCUT2D eigenvalue weighted by atomic mass is 10.1. The van der Waals surface area contributed by atoms with Crippen molar-refractivity contribution in [1.29, 1.82) is 0 Å². The molecule has 7 heteroatoms. The molecule has 0 aliphatic heterocycles. The monoisotopic (exact) mass is 424 g/mol. The Morgan fingerprint density at radius 3 is 2.63 bits per heavy atom. The lowest BCUT2D eigenvalue weighted by Crippen LogP contribution is -2.32. The van der Waals surface area contributed by atoms with E-state index in [9.17, 15) is 9.59 Å². The SMILES string of the molecule is CCC(C)NC(=O)c1cccc(CNC(=O)c2cnn(-c3cccc(Cl)c3)c2C)c1. The van der Waals surface area contributed by atoms with E-state index in [4.69, 9.17) is 11.6 Å². The summed E-state index contributed by atoms with van der Waals surface area (Å²) >= 11 is 6.06. The van der Waals surface area contributed by atoms with Crippen LogP contribution in [0.2, 0.25) is 5.02 Å². The molecule has 0 fully saturated rings. The Morgan fingerprint density at radius 1 is 1.13 bits per heavy atom. The Bertz CT molecular complexity index is 1060. The van der Waals surface area contributed by atoms with Gasteiger partial charge in [-0.3, -0.25) is 9.59 Å². The summed E-state index contributed by atoms with van der Waals surface area (Å²) in [6.07, 6.45) is 2.41. The van der Waals surface area contributed by atoms with Crippen LogP contribution in [-0.2, 0) is 6.54 Å². The molecule has 0 saturated carbocycles. The fourth-order valence-corrected chi connectivity index (χ4v) is 3.19. The predicted molar refractivity (Wildman–Crippen MR) is 118 cm³/mol. The van der Waals surface area contributed by atoms with Gasteiger partial charge in [-0.05, 0) is 56.2 Å². The van der Waals surface area contributed by atoms with Gasteiger partial charge in [-0.2, -0.15) is 5.10 Å². The third kappa shape index (κ3) is 5.07. The summed E-state index contributed by atoms with van der Waals surface area (Å²) in [6.45, 7) is 6.13. The minimum Gasteiger partial charge on any atom is -0.350 e. The van der Waals surface area contributed by atoms with E-state index in [0.717, 1.165) is 23.4 Å². The lowest BCUT2D eigenvalue weighted by molar-refractivity contribution is 0.0936. The summed E-state index contributed by atoms with van der Waals surface area (Å²) in [5.74, 6) is -0.341. The topological polar surface area (TPSA) is 76.0 Å². The minimum atomic E-state index is -0.227. The van der Waals surface area contributed by atoms with Crippen LogP contribution in [0.5, 0.6) is 0 Å². The Kier molecular flexibility index (Phi) is 6.90. The van der Waals surface area contributed by atoms with Gasteiger partial charge in [0.15, 0.2) is 0 Å². The van der Waals surface area contributed by atoms with Crippen molar-refractivity contribution < 1.29 is 9.59 Å². The highest BCUT2D eigenvalue weighted by Gasteiger charge is 2.15. The fraction of sp³-hybridized carbons (Fsp3) is 0.261. The van der Waals surface area contributed by atoms with E-state index in [1.54, 1.807) is 35.1 Å². The van der Waals surface area contributed by atoms with Gasteiger partial charge in [-0.15, -0.1) is 0 Å². The average molecular weight is 425 g/mol. The van der Waals surface area contributed by atoms with Crippen molar-refractivity contribution in [2.45, 2.75) is 39.8 Å². The van der Waals surface area contributed by atoms with Crippen LogP contribution in [0, 0.1) is 6.92 Å². The zero-order valence-corrected chi connectivity index (χ0v) is 18.0. The van der Waals surface area contributed by atoms with Gasteiger partial charge in [0.1, 0.15) is 0 Å². The molecular weight excluding hydrogens is 400 g/mol. The number of amides is 2. The fourth-order valence-electron chi connectivity index (χ4n) is 3.01. The number of carbonyl (C=O) groups is 2. The number of nitrogens with zero attached hydrogens (tertiary/aromatic N) is 2. The summed E-state index contributed by atoms with van der Waals surface area (Å²) in [5, 5.41) is 10.8. The first-order valence-electron chi connectivity index (χ1n) is 9.87. The molecule has 6 nitrogen and oxygen atoms in total. The zero-order valence-electron chi connectivity index (χ0n) is 17.3. The van der Waals surface area contributed by atoms with Crippen LogP contribution in [0.25, 0.3) is 5.69 Å². The van der Waals surface area contributed by atoms with E-state index in [-0.39, 0.29) is 17.9 Å². The van der Waals surface area contributed by atoms with Gasteiger partial charge in [0.25, 0.3) is 11.8 Å². The summed E-state index contributed by atoms with van der Waals surface area (Å²) in [7, 11) is 0. The highest BCUT2D eigenvalue weighted by atomic mass is 35.5. The first-order chi connectivity index (χ1) is 14.4. The molecule has 1 aromatic heterocycles. The van der Waals surface area contributed by atoms with Gasteiger partial charge in [-0.25, -0.2) is 4.68 Å². The number of hydrogen-bond donors (Lipinski definition) is 2. The van der Waals surface area contributed by atoms with Crippen molar-refractivity contribution in [3.8, 4) is 5.69 Å². The smallest absolute Gasteiger partial charge is 0.255 e. The number of hydrogen-bond acceptors (Lipinski definition) is 3. The first-order valence-corrected chi connectivity index (χ1v) is 10.3. The van der Waals surface area contributed by atoms with Crippen LogP contribution >= 0.6 is 11.6 Å². The van der Waals surface area contributed by atoms with E-state index < -0.39 is 0 Å². The van der Waals surface area contributed by atoms with Crippen LogP contribution in [0.3, 0.4) is 0 Å². The third-order valence-corrected chi connectivity index (χ3v) is 5.17. The van der Waals surface area contributed by atoms with Crippen LogP contribution in [-0.4, -0.2) is 27.6 Å². The maximum Gasteiger partial charge on any atom is 0.255 e.